The molecule has 3 heteroatoms. The molecule has 0 spiro atoms. The fourth-order valence-electron chi connectivity index (χ4n) is 2.76. The van der Waals surface area contributed by atoms with Gasteiger partial charge >= 0.3 is 0 Å². The van der Waals surface area contributed by atoms with Crippen molar-refractivity contribution in [3.05, 3.63) is 29.8 Å². The van der Waals surface area contributed by atoms with Gasteiger partial charge in [-0.25, -0.2) is 0 Å². The van der Waals surface area contributed by atoms with Gasteiger partial charge in [-0.3, -0.25) is 0 Å². The van der Waals surface area contributed by atoms with Gasteiger partial charge in [-0.1, -0.05) is 38.8 Å². The first-order chi connectivity index (χ1) is 10.2. The van der Waals surface area contributed by atoms with Crippen molar-refractivity contribution in [3.63, 3.8) is 0 Å². The summed E-state index contributed by atoms with van der Waals surface area (Å²) >= 11 is 0. The predicted octanol–water partition coefficient (Wildman–Crippen LogP) is 3.94. The molecule has 2 N–H and O–H groups in total. The summed E-state index contributed by atoms with van der Waals surface area (Å²) < 4.78 is 11.8. The number of ether oxygens (including phenoxy) is 2. The summed E-state index contributed by atoms with van der Waals surface area (Å²) in [6.07, 6.45) is 6.29. The standard InChI is InChI=1S/C18H31NO2/c1-4-11-18(20-3,12-5-2)15-21-17-10-6-8-16(14-17)9-7-13-19/h6,8,10,14H,4-5,7,9,11-13,15,19H2,1-3H3. The maximum Gasteiger partial charge on any atom is 0.119 e. The van der Waals surface area contributed by atoms with Crippen LogP contribution in [-0.4, -0.2) is 25.9 Å². The molecule has 1 rings (SSSR count). The second-order valence-electron chi connectivity index (χ2n) is 5.72. The first kappa shape index (κ1) is 18.0. The molecule has 0 atom stereocenters. The number of hydrogen-bond donors (Lipinski definition) is 1. The minimum atomic E-state index is -0.156. The third kappa shape index (κ3) is 6.06. The molecule has 0 heterocycles. The van der Waals surface area contributed by atoms with E-state index in [0.29, 0.717) is 6.61 Å². The molecule has 0 aromatic heterocycles. The van der Waals surface area contributed by atoms with Gasteiger partial charge in [0, 0.05) is 7.11 Å². The van der Waals surface area contributed by atoms with Crippen molar-refractivity contribution in [1.29, 1.82) is 0 Å². The van der Waals surface area contributed by atoms with E-state index in [2.05, 4.69) is 32.0 Å². The van der Waals surface area contributed by atoms with Crippen LogP contribution in [0.1, 0.15) is 51.5 Å². The molecule has 0 amide bonds. The summed E-state index contributed by atoms with van der Waals surface area (Å²) in [6.45, 7) is 5.73. The Balaban J connectivity index is 2.66. The van der Waals surface area contributed by atoms with Gasteiger partial charge < -0.3 is 15.2 Å². The summed E-state index contributed by atoms with van der Waals surface area (Å²) in [5.41, 5.74) is 6.70. The highest BCUT2D eigenvalue weighted by atomic mass is 16.5. The van der Waals surface area contributed by atoms with Crippen molar-refractivity contribution < 1.29 is 9.47 Å². The Kier molecular flexibility index (Phi) is 8.40. The van der Waals surface area contributed by atoms with Crippen LogP contribution < -0.4 is 10.5 Å². The first-order valence-electron chi connectivity index (χ1n) is 8.16. The topological polar surface area (TPSA) is 44.5 Å². The first-order valence-corrected chi connectivity index (χ1v) is 8.16. The Hall–Kier alpha value is -1.06. The van der Waals surface area contributed by atoms with Gasteiger partial charge in [-0.15, -0.1) is 0 Å². The molecule has 0 radical (unpaired) electrons. The average Bonchev–Trinajstić information content (AvgIpc) is 2.51. The van der Waals surface area contributed by atoms with Gasteiger partial charge in [0.05, 0.1) is 0 Å². The molecule has 0 saturated heterocycles. The summed E-state index contributed by atoms with van der Waals surface area (Å²) in [7, 11) is 1.80. The van der Waals surface area contributed by atoms with Gasteiger partial charge in [0.1, 0.15) is 18.0 Å². The Morgan fingerprint density at radius 3 is 2.43 bits per heavy atom. The molecular formula is C18H31NO2. The Labute approximate surface area is 129 Å². The SMILES string of the molecule is CCCC(CCC)(COc1cccc(CCCN)c1)OC. The molecule has 0 fully saturated rings. The number of nitrogens with two attached hydrogens (primary N) is 1. The third-order valence-electron chi connectivity index (χ3n) is 3.91. The lowest BCUT2D eigenvalue weighted by atomic mass is 9.93. The Morgan fingerprint density at radius 2 is 1.86 bits per heavy atom. The van der Waals surface area contributed by atoms with E-state index in [1.54, 1.807) is 7.11 Å². The Morgan fingerprint density at radius 1 is 1.14 bits per heavy atom. The third-order valence-corrected chi connectivity index (χ3v) is 3.91. The summed E-state index contributed by atoms with van der Waals surface area (Å²) in [6, 6.07) is 8.32. The van der Waals surface area contributed by atoms with Gasteiger partial charge in [0.25, 0.3) is 0 Å². The average molecular weight is 293 g/mol. The van der Waals surface area contributed by atoms with E-state index in [0.717, 1.165) is 50.8 Å². The van der Waals surface area contributed by atoms with Crippen molar-refractivity contribution in [3.8, 4) is 5.75 Å². The van der Waals surface area contributed by atoms with Crippen LogP contribution >= 0.6 is 0 Å². The van der Waals surface area contributed by atoms with Crippen LogP contribution in [0, 0.1) is 0 Å². The lowest BCUT2D eigenvalue weighted by molar-refractivity contribution is -0.0572. The fourth-order valence-corrected chi connectivity index (χ4v) is 2.76. The largest absolute Gasteiger partial charge is 0.491 e. The Bertz CT molecular complexity index is 387. The molecule has 0 unspecified atom stereocenters. The maximum absolute atomic E-state index is 6.03. The zero-order chi connectivity index (χ0) is 15.6. The highest BCUT2D eigenvalue weighted by Crippen LogP contribution is 2.25. The number of benzene rings is 1. The van der Waals surface area contributed by atoms with Crippen molar-refractivity contribution in [2.75, 3.05) is 20.3 Å². The van der Waals surface area contributed by atoms with Crippen LogP contribution in [0.4, 0.5) is 0 Å². The fraction of sp³-hybridized carbons (Fsp3) is 0.667. The second kappa shape index (κ2) is 9.80. The molecule has 0 aliphatic carbocycles. The second-order valence-corrected chi connectivity index (χ2v) is 5.72. The van der Waals surface area contributed by atoms with Crippen LogP contribution in [0.25, 0.3) is 0 Å². The van der Waals surface area contributed by atoms with E-state index in [1.807, 2.05) is 6.07 Å². The molecule has 0 saturated carbocycles. The van der Waals surface area contributed by atoms with E-state index in [1.165, 1.54) is 5.56 Å². The van der Waals surface area contributed by atoms with Crippen molar-refractivity contribution >= 4 is 0 Å². The minimum Gasteiger partial charge on any atom is -0.491 e. The number of methoxy groups -OCH3 is 1. The summed E-state index contributed by atoms with van der Waals surface area (Å²) in [4.78, 5) is 0. The lowest BCUT2D eigenvalue weighted by Gasteiger charge is -2.32. The van der Waals surface area contributed by atoms with Crippen molar-refractivity contribution in [1.82, 2.24) is 0 Å². The monoisotopic (exact) mass is 293 g/mol. The molecule has 120 valence electrons. The highest BCUT2D eigenvalue weighted by molar-refractivity contribution is 5.28. The van der Waals surface area contributed by atoms with Crippen molar-refractivity contribution in [2.45, 2.75) is 58.0 Å². The van der Waals surface area contributed by atoms with E-state index < -0.39 is 0 Å². The molecule has 0 aliphatic heterocycles. The highest BCUT2D eigenvalue weighted by Gasteiger charge is 2.29. The van der Waals surface area contributed by atoms with Crippen LogP contribution in [0.5, 0.6) is 5.75 Å². The number of hydrogen-bond acceptors (Lipinski definition) is 3. The molecular weight excluding hydrogens is 262 g/mol. The van der Waals surface area contributed by atoms with Crippen molar-refractivity contribution in [2.24, 2.45) is 5.73 Å². The predicted molar refractivity (Wildman–Crippen MR) is 88.9 cm³/mol. The quantitative estimate of drug-likeness (QED) is 0.672. The summed E-state index contributed by atoms with van der Waals surface area (Å²) in [5.74, 6) is 0.929. The van der Waals surface area contributed by atoms with Gasteiger partial charge in [0.15, 0.2) is 0 Å². The number of rotatable bonds is 11. The van der Waals surface area contributed by atoms with Crippen LogP contribution in [0.15, 0.2) is 24.3 Å². The molecule has 21 heavy (non-hydrogen) atoms. The van der Waals surface area contributed by atoms with Gasteiger partial charge in [-0.2, -0.15) is 0 Å². The smallest absolute Gasteiger partial charge is 0.119 e. The van der Waals surface area contributed by atoms with E-state index in [4.69, 9.17) is 15.2 Å². The van der Waals surface area contributed by atoms with E-state index >= 15 is 0 Å². The maximum atomic E-state index is 6.03. The van der Waals surface area contributed by atoms with E-state index in [9.17, 15) is 0 Å². The normalized spacial score (nSPS) is 11.6. The van der Waals surface area contributed by atoms with Gasteiger partial charge in [0.2, 0.25) is 0 Å². The van der Waals surface area contributed by atoms with Crippen LogP contribution in [0.3, 0.4) is 0 Å². The summed E-state index contributed by atoms with van der Waals surface area (Å²) in [5, 5.41) is 0. The molecule has 0 aliphatic rings. The molecule has 0 bridgehead atoms. The number of aryl methyl sites for hydroxylation is 1. The van der Waals surface area contributed by atoms with E-state index in [-0.39, 0.29) is 5.60 Å². The minimum absolute atomic E-state index is 0.156. The lowest BCUT2D eigenvalue weighted by Crippen LogP contribution is -2.38. The van der Waals surface area contributed by atoms with Crippen LogP contribution in [0.2, 0.25) is 0 Å². The molecule has 1 aromatic rings. The van der Waals surface area contributed by atoms with Gasteiger partial charge in [-0.05, 0) is 49.9 Å². The zero-order valence-electron chi connectivity index (χ0n) is 13.9. The molecule has 1 aromatic carbocycles. The zero-order valence-corrected chi connectivity index (χ0v) is 13.9. The molecule has 3 nitrogen and oxygen atoms in total. The van der Waals surface area contributed by atoms with Crippen LogP contribution in [-0.2, 0) is 11.2 Å².